The Morgan fingerprint density at radius 2 is 2.38 bits per heavy atom. The first-order chi connectivity index (χ1) is 7.77. The van der Waals surface area contributed by atoms with Crippen molar-refractivity contribution in [2.75, 3.05) is 0 Å². The second kappa shape index (κ2) is 3.90. The number of rotatable bonds is 1. The molecular formula is C8H7N7O. The standard InChI is InChI=1S/C8H7N7O/c1-2-6-7(5-9)15(13-11-6)8(16)14-4-3-10-12-14/h3-4H,2H2,1H3. The van der Waals surface area contributed by atoms with E-state index in [9.17, 15) is 4.79 Å². The van der Waals surface area contributed by atoms with Gasteiger partial charge in [0.25, 0.3) is 0 Å². The maximum absolute atomic E-state index is 11.8. The molecule has 2 aromatic rings. The van der Waals surface area contributed by atoms with Crippen molar-refractivity contribution in [3.8, 4) is 6.07 Å². The average molecular weight is 217 g/mol. The zero-order chi connectivity index (χ0) is 11.5. The van der Waals surface area contributed by atoms with E-state index in [0.29, 0.717) is 12.1 Å². The smallest absolute Gasteiger partial charge is 0.243 e. The summed E-state index contributed by atoms with van der Waals surface area (Å²) in [6, 6.07) is 1.31. The molecule has 16 heavy (non-hydrogen) atoms. The van der Waals surface area contributed by atoms with Gasteiger partial charge in [0.15, 0.2) is 5.69 Å². The first kappa shape index (κ1) is 9.97. The molecule has 0 amide bonds. The van der Waals surface area contributed by atoms with Crippen LogP contribution in [0.1, 0.15) is 18.3 Å². The van der Waals surface area contributed by atoms with E-state index in [0.717, 1.165) is 9.36 Å². The highest BCUT2D eigenvalue weighted by atomic mass is 16.2. The molecule has 0 aliphatic heterocycles. The van der Waals surface area contributed by atoms with E-state index in [4.69, 9.17) is 5.26 Å². The highest BCUT2D eigenvalue weighted by Gasteiger charge is 2.18. The van der Waals surface area contributed by atoms with E-state index in [1.807, 2.05) is 13.0 Å². The Morgan fingerprint density at radius 3 is 2.94 bits per heavy atom. The number of nitriles is 1. The molecule has 0 aliphatic rings. The van der Waals surface area contributed by atoms with Gasteiger partial charge in [0.2, 0.25) is 0 Å². The molecule has 80 valence electrons. The van der Waals surface area contributed by atoms with Gasteiger partial charge in [-0.1, -0.05) is 17.4 Å². The number of aromatic nitrogens is 6. The van der Waals surface area contributed by atoms with Crippen LogP contribution in [0.5, 0.6) is 0 Å². The highest BCUT2D eigenvalue weighted by molar-refractivity contribution is 5.78. The molecule has 2 aromatic heterocycles. The quantitative estimate of drug-likeness (QED) is 0.656. The second-order valence-electron chi connectivity index (χ2n) is 2.89. The molecule has 0 bridgehead atoms. The molecule has 0 fully saturated rings. The number of carbonyl (C=O) groups excluding carboxylic acids is 1. The summed E-state index contributed by atoms with van der Waals surface area (Å²) in [5, 5.41) is 23.3. The minimum Gasteiger partial charge on any atom is -0.243 e. The van der Waals surface area contributed by atoms with Crippen LogP contribution in [0.4, 0.5) is 4.79 Å². The van der Waals surface area contributed by atoms with E-state index in [1.54, 1.807) is 0 Å². The Hall–Kier alpha value is -2.56. The fourth-order valence-corrected chi connectivity index (χ4v) is 1.20. The Labute approximate surface area is 90.1 Å². The summed E-state index contributed by atoms with van der Waals surface area (Å²) in [5.41, 5.74) is 0.610. The van der Waals surface area contributed by atoms with Gasteiger partial charge in [0.05, 0.1) is 12.4 Å². The molecule has 0 unspecified atom stereocenters. The van der Waals surface area contributed by atoms with Gasteiger partial charge >= 0.3 is 6.03 Å². The van der Waals surface area contributed by atoms with Crippen molar-refractivity contribution in [3.63, 3.8) is 0 Å². The third kappa shape index (κ3) is 1.44. The van der Waals surface area contributed by atoms with Crippen LogP contribution < -0.4 is 0 Å². The monoisotopic (exact) mass is 217 g/mol. The van der Waals surface area contributed by atoms with E-state index in [1.165, 1.54) is 12.4 Å². The summed E-state index contributed by atoms with van der Waals surface area (Å²) in [4.78, 5) is 11.8. The van der Waals surface area contributed by atoms with Gasteiger partial charge in [0.1, 0.15) is 11.8 Å². The molecule has 0 aromatic carbocycles. The number of aryl methyl sites for hydroxylation is 1. The van der Waals surface area contributed by atoms with Gasteiger partial charge in [-0.15, -0.1) is 14.9 Å². The molecule has 2 heterocycles. The summed E-state index contributed by atoms with van der Waals surface area (Å²) in [5.74, 6) is 0. The molecule has 0 atom stereocenters. The van der Waals surface area contributed by atoms with Crippen molar-refractivity contribution in [1.29, 1.82) is 5.26 Å². The topological polar surface area (TPSA) is 102 Å². The number of carbonyl (C=O) groups is 1. The van der Waals surface area contributed by atoms with Crippen molar-refractivity contribution >= 4 is 6.03 Å². The summed E-state index contributed by atoms with van der Waals surface area (Å²) in [6.07, 6.45) is 3.27. The van der Waals surface area contributed by atoms with Crippen molar-refractivity contribution in [2.45, 2.75) is 13.3 Å². The van der Waals surface area contributed by atoms with E-state index in [-0.39, 0.29) is 5.69 Å². The lowest BCUT2D eigenvalue weighted by Crippen LogP contribution is -2.22. The molecular weight excluding hydrogens is 210 g/mol. The van der Waals surface area contributed by atoms with Gasteiger partial charge in [-0.3, -0.25) is 0 Å². The van der Waals surface area contributed by atoms with Crippen LogP contribution in [0.3, 0.4) is 0 Å². The maximum Gasteiger partial charge on any atom is 0.373 e. The maximum atomic E-state index is 11.8. The molecule has 8 heteroatoms. The molecule has 0 spiro atoms. The lowest BCUT2D eigenvalue weighted by atomic mass is 10.3. The SMILES string of the molecule is CCc1nnn(C(=O)n2ccnn2)c1C#N. The van der Waals surface area contributed by atoms with Gasteiger partial charge in [-0.2, -0.15) is 9.94 Å². The van der Waals surface area contributed by atoms with E-state index in [2.05, 4.69) is 20.6 Å². The second-order valence-corrected chi connectivity index (χ2v) is 2.89. The van der Waals surface area contributed by atoms with Crippen LogP contribution in [0, 0.1) is 11.3 Å². The van der Waals surface area contributed by atoms with E-state index < -0.39 is 6.03 Å². The van der Waals surface area contributed by atoms with Crippen molar-refractivity contribution in [3.05, 3.63) is 23.8 Å². The van der Waals surface area contributed by atoms with Gasteiger partial charge < -0.3 is 0 Å². The van der Waals surface area contributed by atoms with Gasteiger partial charge in [0, 0.05) is 0 Å². The Bertz CT molecular complexity index is 547. The summed E-state index contributed by atoms with van der Waals surface area (Å²) >= 11 is 0. The summed E-state index contributed by atoms with van der Waals surface area (Å²) in [7, 11) is 0. The number of hydrogen-bond donors (Lipinski definition) is 0. The minimum atomic E-state index is -0.582. The largest absolute Gasteiger partial charge is 0.373 e. The zero-order valence-electron chi connectivity index (χ0n) is 8.40. The third-order valence-electron chi connectivity index (χ3n) is 1.98. The van der Waals surface area contributed by atoms with Crippen LogP contribution in [-0.4, -0.2) is 36.0 Å². The lowest BCUT2D eigenvalue weighted by Gasteiger charge is -1.98. The molecule has 8 nitrogen and oxygen atoms in total. The fourth-order valence-electron chi connectivity index (χ4n) is 1.20. The Balaban J connectivity index is 2.46. The van der Waals surface area contributed by atoms with Crippen LogP contribution in [0.15, 0.2) is 12.4 Å². The Kier molecular flexibility index (Phi) is 2.43. The molecule has 0 N–H and O–H groups in total. The fraction of sp³-hybridized carbons (Fsp3) is 0.250. The van der Waals surface area contributed by atoms with Crippen LogP contribution in [0.25, 0.3) is 0 Å². The van der Waals surface area contributed by atoms with Gasteiger partial charge in [-0.25, -0.2) is 4.79 Å². The minimum absolute atomic E-state index is 0.128. The first-order valence-corrected chi connectivity index (χ1v) is 4.53. The predicted molar refractivity (Wildman–Crippen MR) is 50.3 cm³/mol. The lowest BCUT2D eigenvalue weighted by molar-refractivity contribution is 0.237. The zero-order valence-corrected chi connectivity index (χ0v) is 8.40. The number of nitrogens with zero attached hydrogens (tertiary/aromatic N) is 7. The predicted octanol–water partition coefficient (Wildman–Crippen LogP) is -0.180. The summed E-state index contributed by atoms with van der Waals surface area (Å²) in [6.45, 7) is 1.83. The Morgan fingerprint density at radius 1 is 1.56 bits per heavy atom. The van der Waals surface area contributed by atoms with Crippen molar-refractivity contribution in [1.82, 2.24) is 30.0 Å². The first-order valence-electron chi connectivity index (χ1n) is 4.53. The van der Waals surface area contributed by atoms with E-state index >= 15 is 0 Å². The van der Waals surface area contributed by atoms with Gasteiger partial charge in [-0.05, 0) is 6.42 Å². The summed E-state index contributed by atoms with van der Waals surface area (Å²) < 4.78 is 1.89. The molecule has 0 saturated heterocycles. The van der Waals surface area contributed by atoms with Crippen molar-refractivity contribution < 1.29 is 4.79 Å². The third-order valence-corrected chi connectivity index (χ3v) is 1.98. The van der Waals surface area contributed by atoms with Crippen LogP contribution in [0.2, 0.25) is 0 Å². The van der Waals surface area contributed by atoms with Crippen LogP contribution in [-0.2, 0) is 6.42 Å². The molecule has 2 rings (SSSR count). The van der Waals surface area contributed by atoms with Crippen LogP contribution >= 0.6 is 0 Å². The molecule has 0 aliphatic carbocycles. The highest BCUT2D eigenvalue weighted by Crippen LogP contribution is 2.04. The normalized spacial score (nSPS) is 10.0. The van der Waals surface area contributed by atoms with Crippen molar-refractivity contribution in [2.24, 2.45) is 0 Å². The molecule has 0 radical (unpaired) electrons. The number of hydrogen-bond acceptors (Lipinski definition) is 6. The molecule has 0 saturated carbocycles. The average Bonchev–Trinajstić information content (AvgIpc) is 2.96.